The van der Waals surface area contributed by atoms with Gasteiger partial charge < -0.3 is 9.88 Å². The van der Waals surface area contributed by atoms with E-state index in [-0.39, 0.29) is 17.2 Å². The third-order valence-corrected chi connectivity index (χ3v) is 5.04. The maximum Gasteiger partial charge on any atom is 0.233 e. The summed E-state index contributed by atoms with van der Waals surface area (Å²) in [4.78, 5) is 12.2. The highest BCUT2D eigenvalue weighted by Crippen LogP contribution is 2.27. The van der Waals surface area contributed by atoms with Crippen LogP contribution in [0.5, 0.6) is 0 Å². The molecule has 0 saturated carbocycles. The zero-order valence-electron chi connectivity index (χ0n) is 15.0. The molecule has 1 N–H and O–H groups in total. The van der Waals surface area contributed by atoms with Gasteiger partial charge in [-0.05, 0) is 40.2 Å². The van der Waals surface area contributed by atoms with Crippen LogP contribution in [0.1, 0.15) is 39.7 Å². The van der Waals surface area contributed by atoms with Crippen LogP contribution in [-0.2, 0) is 11.3 Å². The first-order chi connectivity index (χ1) is 11.5. The zero-order valence-corrected chi connectivity index (χ0v) is 15.9. The van der Waals surface area contributed by atoms with Crippen molar-refractivity contribution in [2.75, 3.05) is 0 Å². The maximum atomic E-state index is 12.2. The van der Waals surface area contributed by atoms with Crippen LogP contribution in [0.25, 0.3) is 11.4 Å². The first-order valence-electron chi connectivity index (χ1n) is 8.43. The van der Waals surface area contributed by atoms with Crippen LogP contribution in [0.2, 0.25) is 0 Å². The molecule has 2 atom stereocenters. The van der Waals surface area contributed by atoms with Gasteiger partial charge in [-0.2, -0.15) is 0 Å². The predicted octanol–water partition coefficient (Wildman–Crippen LogP) is 3.67. The second-order valence-corrected chi connectivity index (χ2v) is 7.31. The molecule has 0 aliphatic rings. The summed E-state index contributed by atoms with van der Waals surface area (Å²) in [5, 5.41) is 12.2. The molecule has 0 spiro atoms. The second-order valence-electron chi connectivity index (χ2n) is 6.00. The SMILES string of the molecule is CCC(C)NC(=O)C(C)Sc1nnc(-c2cccc(C)c2)n1CC. The van der Waals surface area contributed by atoms with Crippen LogP contribution in [-0.4, -0.2) is 32.0 Å². The van der Waals surface area contributed by atoms with Crippen molar-refractivity contribution in [1.29, 1.82) is 0 Å². The first-order valence-corrected chi connectivity index (χ1v) is 9.31. The molecule has 130 valence electrons. The summed E-state index contributed by atoms with van der Waals surface area (Å²) in [6.45, 7) is 10.9. The van der Waals surface area contributed by atoms with Crippen LogP contribution in [0, 0.1) is 6.92 Å². The Labute approximate surface area is 148 Å². The fourth-order valence-electron chi connectivity index (χ4n) is 2.33. The molecule has 0 radical (unpaired) electrons. The Morgan fingerprint density at radius 2 is 2.04 bits per heavy atom. The number of carbonyl (C=O) groups is 1. The molecular formula is C18H26N4OS. The van der Waals surface area contributed by atoms with E-state index in [9.17, 15) is 4.79 Å². The van der Waals surface area contributed by atoms with Crippen LogP contribution >= 0.6 is 11.8 Å². The summed E-state index contributed by atoms with van der Waals surface area (Å²) < 4.78 is 2.06. The minimum absolute atomic E-state index is 0.0390. The van der Waals surface area contributed by atoms with Gasteiger partial charge in [0.15, 0.2) is 11.0 Å². The van der Waals surface area contributed by atoms with E-state index in [1.165, 1.54) is 17.3 Å². The quantitative estimate of drug-likeness (QED) is 0.777. The summed E-state index contributed by atoms with van der Waals surface area (Å²) in [5.41, 5.74) is 2.24. The molecule has 1 amide bonds. The summed E-state index contributed by atoms with van der Waals surface area (Å²) in [5.74, 6) is 0.885. The Kier molecular flexibility index (Phi) is 6.43. The predicted molar refractivity (Wildman–Crippen MR) is 99.1 cm³/mol. The molecule has 1 aromatic heterocycles. The number of aryl methyl sites for hydroxylation is 1. The van der Waals surface area contributed by atoms with Crippen molar-refractivity contribution in [3.63, 3.8) is 0 Å². The van der Waals surface area contributed by atoms with E-state index >= 15 is 0 Å². The lowest BCUT2D eigenvalue weighted by atomic mass is 10.1. The van der Waals surface area contributed by atoms with E-state index in [4.69, 9.17) is 0 Å². The number of rotatable bonds is 7. The maximum absolute atomic E-state index is 12.2. The van der Waals surface area contributed by atoms with Crippen molar-refractivity contribution in [3.8, 4) is 11.4 Å². The Bertz CT molecular complexity index is 698. The topological polar surface area (TPSA) is 59.8 Å². The lowest BCUT2D eigenvalue weighted by Gasteiger charge is -2.16. The van der Waals surface area contributed by atoms with Gasteiger partial charge in [0.1, 0.15) is 0 Å². The van der Waals surface area contributed by atoms with Crippen LogP contribution in [0.3, 0.4) is 0 Å². The first kappa shape index (κ1) is 18.5. The van der Waals surface area contributed by atoms with Crippen molar-refractivity contribution in [2.24, 2.45) is 0 Å². The van der Waals surface area contributed by atoms with Crippen molar-refractivity contribution >= 4 is 17.7 Å². The summed E-state index contributed by atoms with van der Waals surface area (Å²) in [6, 6.07) is 8.41. The molecule has 6 heteroatoms. The highest BCUT2D eigenvalue weighted by molar-refractivity contribution is 8.00. The van der Waals surface area contributed by atoms with Gasteiger partial charge in [-0.3, -0.25) is 4.79 Å². The minimum Gasteiger partial charge on any atom is -0.353 e. The molecule has 2 rings (SSSR count). The van der Waals surface area contributed by atoms with Crippen molar-refractivity contribution in [2.45, 2.75) is 64.0 Å². The minimum atomic E-state index is -0.209. The summed E-state index contributed by atoms with van der Waals surface area (Å²) >= 11 is 1.45. The largest absolute Gasteiger partial charge is 0.353 e. The van der Waals surface area contributed by atoms with E-state index < -0.39 is 0 Å². The number of hydrogen-bond acceptors (Lipinski definition) is 4. The molecule has 0 aliphatic heterocycles. The molecule has 0 aliphatic carbocycles. The van der Waals surface area contributed by atoms with Gasteiger partial charge in [0.25, 0.3) is 0 Å². The molecule has 2 aromatic rings. The number of amides is 1. The average molecular weight is 347 g/mol. The van der Waals surface area contributed by atoms with Gasteiger partial charge in [-0.15, -0.1) is 10.2 Å². The number of benzene rings is 1. The molecule has 24 heavy (non-hydrogen) atoms. The molecule has 2 unspecified atom stereocenters. The van der Waals surface area contributed by atoms with Crippen molar-refractivity contribution in [3.05, 3.63) is 29.8 Å². The van der Waals surface area contributed by atoms with Gasteiger partial charge in [0.05, 0.1) is 5.25 Å². The van der Waals surface area contributed by atoms with Gasteiger partial charge in [-0.1, -0.05) is 42.4 Å². The molecule has 0 saturated heterocycles. The summed E-state index contributed by atoms with van der Waals surface area (Å²) in [6.07, 6.45) is 0.922. The molecule has 1 aromatic carbocycles. The lowest BCUT2D eigenvalue weighted by Crippen LogP contribution is -2.37. The van der Waals surface area contributed by atoms with Crippen LogP contribution in [0.15, 0.2) is 29.4 Å². The van der Waals surface area contributed by atoms with Gasteiger partial charge in [0, 0.05) is 18.2 Å². The van der Waals surface area contributed by atoms with E-state index in [1.807, 2.05) is 26.0 Å². The van der Waals surface area contributed by atoms with Gasteiger partial charge >= 0.3 is 0 Å². The van der Waals surface area contributed by atoms with E-state index in [0.717, 1.165) is 29.5 Å². The van der Waals surface area contributed by atoms with E-state index in [0.29, 0.717) is 0 Å². The molecule has 1 heterocycles. The number of nitrogens with zero attached hydrogens (tertiary/aromatic N) is 3. The average Bonchev–Trinajstić information content (AvgIpc) is 2.97. The fraction of sp³-hybridized carbons (Fsp3) is 0.500. The molecule has 0 fully saturated rings. The Morgan fingerprint density at radius 3 is 2.67 bits per heavy atom. The number of aromatic nitrogens is 3. The van der Waals surface area contributed by atoms with Gasteiger partial charge in [-0.25, -0.2) is 0 Å². The number of thioether (sulfide) groups is 1. The van der Waals surface area contributed by atoms with E-state index in [1.54, 1.807) is 0 Å². The summed E-state index contributed by atoms with van der Waals surface area (Å²) in [7, 11) is 0. The smallest absolute Gasteiger partial charge is 0.233 e. The number of nitrogens with one attached hydrogen (secondary N) is 1. The van der Waals surface area contributed by atoms with Crippen molar-refractivity contribution < 1.29 is 4.79 Å². The lowest BCUT2D eigenvalue weighted by molar-refractivity contribution is -0.120. The number of carbonyl (C=O) groups excluding carboxylic acids is 1. The molecule has 5 nitrogen and oxygen atoms in total. The Balaban J connectivity index is 2.19. The van der Waals surface area contributed by atoms with Gasteiger partial charge in [0.2, 0.25) is 5.91 Å². The molecular weight excluding hydrogens is 320 g/mol. The molecule has 0 bridgehead atoms. The monoisotopic (exact) mass is 346 g/mol. The van der Waals surface area contributed by atoms with Crippen LogP contribution < -0.4 is 5.32 Å². The zero-order chi connectivity index (χ0) is 17.7. The third-order valence-electron chi connectivity index (χ3n) is 3.96. The highest BCUT2D eigenvalue weighted by atomic mass is 32.2. The van der Waals surface area contributed by atoms with Crippen LogP contribution in [0.4, 0.5) is 0 Å². The Morgan fingerprint density at radius 1 is 1.29 bits per heavy atom. The second kappa shape index (κ2) is 8.33. The normalized spacial score (nSPS) is 13.5. The standard InChI is InChI=1S/C18H26N4OS/c1-6-13(4)19-17(23)14(5)24-18-21-20-16(22(18)7-2)15-10-8-9-12(3)11-15/h8-11,13-14H,6-7H2,1-5H3,(H,19,23). The van der Waals surface area contributed by atoms with Crippen molar-refractivity contribution in [1.82, 2.24) is 20.1 Å². The number of hydrogen-bond donors (Lipinski definition) is 1. The Hall–Kier alpha value is -1.82. The fourth-order valence-corrected chi connectivity index (χ4v) is 3.25. The third kappa shape index (κ3) is 4.38. The highest BCUT2D eigenvalue weighted by Gasteiger charge is 2.21. The van der Waals surface area contributed by atoms with E-state index in [2.05, 4.69) is 53.0 Å².